The number of nitrogens with one attached hydrogen (secondary N) is 1. The third kappa shape index (κ3) is 4.40. The van der Waals surface area contributed by atoms with E-state index in [2.05, 4.69) is 9.71 Å². The van der Waals surface area contributed by atoms with Crippen molar-refractivity contribution >= 4 is 10.0 Å². The van der Waals surface area contributed by atoms with Gasteiger partial charge in [0.1, 0.15) is 0 Å². The van der Waals surface area contributed by atoms with Crippen LogP contribution in [0.1, 0.15) is 16.8 Å². The van der Waals surface area contributed by atoms with Crippen molar-refractivity contribution in [3.63, 3.8) is 0 Å². The Morgan fingerprint density at radius 1 is 0.964 bits per heavy atom. The van der Waals surface area contributed by atoms with Crippen LogP contribution < -0.4 is 4.72 Å². The van der Waals surface area contributed by atoms with Crippen molar-refractivity contribution in [2.75, 3.05) is 7.05 Å². The van der Waals surface area contributed by atoms with Gasteiger partial charge >= 0.3 is 6.18 Å². The molecule has 1 N–H and O–H groups in total. The SMILES string of the molecule is CNS(=O)(=O)c1ccc(-c2cccnc2Cc2ccc(C(F)(F)F)cc2)cc1. The zero-order chi connectivity index (χ0) is 20.4. The van der Waals surface area contributed by atoms with E-state index in [1.54, 1.807) is 24.4 Å². The highest BCUT2D eigenvalue weighted by atomic mass is 32.2. The highest BCUT2D eigenvalue weighted by molar-refractivity contribution is 7.89. The van der Waals surface area contributed by atoms with E-state index < -0.39 is 21.8 Å². The van der Waals surface area contributed by atoms with Crippen LogP contribution in [0.4, 0.5) is 13.2 Å². The summed E-state index contributed by atoms with van der Waals surface area (Å²) < 4.78 is 64.1. The van der Waals surface area contributed by atoms with E-state index in [0.29, 0.717) is 17.7 Å². The third-order valence-electron chi connectivity index (χ3n) is 4.29. The lowest BCUT2D eigenvalue weighted by Gasteiger charge is -2.11. The Kier molecular flexibility index (Phi) is 5.53. The van der Waals surface area contributed by atoms with E-state index in [1.807, 2.05) is 6.07 Å². The second kappa shape index (κ2) is 7.73. The molecule has 0 unspecified atom stereocenters. The summed E-state index contributed by atoms with van der Waals surface area (Å²) in [6.07, 6.45) is -2.41. The zero-order valence-corrected chi connectivity index (χ0v) is 15.7. The van der Waals surface area contributed by atoms with Gasteiger partial charge in [-0.05, 0) is 48.5 Å². The molecule has 0 saturated heterocycles. The number of alkyl halides is 3. The predicted molar refractivity (Wildman–Crippen MR) is 100 cm³/mol. The first-order valence-corrected chi connectivity index (χ1v) is 9.83. The minimum Gasteiger partial charge on any atom is -0.260 e. The molecule has 28 heavy (non-hydrogen) atoms. The summed E-state index contributed by atoms with van der Waals surface area (Å²) in [6.45, 7) is 0. The number of rotatable bonds is 5. The Morgan fingerprint density at radius 3 is 2.18 bits per heavy atom. The number of pyridine rings is 1. The first-order valence-electron chi connectivity index (χ1n) is 8.35. The quantitative estimate of drug-likeness (QED) is 0.689. The van der Waals surface area contributed by atoms with Gasteiger partial charge in [0.05, 0.1) is 16.2 Å². The van der Waals surface area contributed by atoms with E-state index >= 15 is 0 Å². The van der Waals surface area contributed by atoms with Gasteiger partial charge in [0.2, 0.25) is 10.0 Å². The molecule has 1 aromatic heterocycles. The van der Waals surface area contributed by atoms with Crippen LogP contribution >= 0.6 is 0 Å². The van der Waals surface area contributed by atoms with Crippen LogP contribution in [0.3, 0.4) is 0 Å². The molecular formula is C20H17F3N2O2S. The number of halogens is 3. The molecule has 3 rings (SSSR count). The molecule has 146 valence electrons. The van der Waals surface area contributed by atoms with Gasteiger partial charge in [0, 0.05) is 18.2 Å². The molecule has 2 aromatic carbocycles. The molecule has 0 atom stereocenters. The van der Waals surface area contributed by atoms with Gasteiger partial charge < -0.3 is 0 Å². The van der Waals surface area contributed by atoms with Crippen LogP contribution in [-0.4, -0.2) is 20.4 Å². The summed E-state index contributed by atoms with van der Waals surface area (Å²) in [5, 5.41) is 0. The lowest BCUT2D eigenvalue weighted by molar-refractivity contribution is -0.137. The molecule has 0 bridgehead atoms. The van der Waals surface area contributed by atoms with Gasteiger partial charge in [0.25, 0.3) is 0 Å². The van der Waals surface area contributed by atoms with Gasteiger partial charge in [-0.1, -0.05) is 30.3 Å². The molecule has 0 fully saturated rings. The number of aromatic nitrogens is 1. The van der Waals surface area contributed by atoms with Crippen LogP contribution in [0.25, 0.3) is 11.1 Å². The Morgan fingerprint density at radius 2 is 1.61 bits per heavy atom. The minimum absolute atomic E-state index is 0.145. The predicted octanol–water partition coefficient (Wildman–Crippen LogP) is 4.27. The van der Waals surface area contributed by atoms with Crippen LogP contribution in [0.5, 0.6) is 0 Å². The van der Waals surface area contributed by atoms with Crippen LogP contribution in [0, 0.1) is 0 Å². The van der Waals surface area contributed by atoms with Gasteiger partial charge in [-0.25, -0.2) is 13.1 Å². The molecule has 0 amide bonds. The minimum atomic E-state index is -4.37. The maximum Gasteiger partial charge on any atom is 0.416 e. The van der Waals surface area contributed by atoms with E-state index in [-0.39, 0.29) is 4.90 Å². The van der Waals surface area contributed by atoms with Crippen molar-refractivity contribution < 1.29 is 21.6 Å². The fraction of sp³-hybridized carbons (Fsp3) is 0.150. The van der Waals surface area contributed by atoms with Crippen LogP contribution in [-0.2, 0) is 22.6 Å². The molecule has 1 heterocycles. The zero-order valence-electron chi connectivity index (χ0n) is 14.9. The summed E-state index contributed by atoms with van der Waals surface area (Å²) in [4.78, 5) is 4.50. The van der Waals surface area contributed by atoms with Gasteiger partial charge in [-0.2, -0.15) is 13.2 Å². The van der Waals surface area contributed by atoms with E-state index in [4.69, 9.17) is 0 Å². The van der Waals surface area contributed by atoms with Crippen molar-refractivity contribution in [2.24, 2.45) is 0 Å². The van der Waals surface area contributed by atoms with Crippen molar-refractivity contribution in [3.8, 4) is 11.1 Å². The first-order chi connectivity index (χ1) is 13.2. The second-order valence-corrected chi connectivity index (χ2v) is 7.99. The van der Waals surface area contributed by atoms with Gasteiger partial charge in [0.15, 0.2) is 0 Å². The summed E-state index contributed by atoms with van der Waals surface area (Å²) in [5.41, 5.74) is 2.24. The van der Waals surface area contributed by atoms with Crippen molar-refractivity contribution in [2.45, 2.75) is 17.5 Å². The second-order valence-electron chi connectivity index (χ2n) is 6.10. The Labute approximate surface area is 161 Å². The van der Waals surface area contributed by atoms with Crippen LogP contribution in [0.15, 0.2) is 71.8 Å². The largest absolute Gasteiger partial charge is 0.416 e. The summed E-state index contributed by atoms with van der Waals surface area (Å²) in [5.74, 6) is 0. The summed E-state index contributed by atoms with van der Waals surface area (Å²) in [7, 11) is -2.19. The van der Waals surface area contributed by atoms with Crippen molar-refractivity contribution in [1.29, 1.82) is 0 Å². The number of sulfonamides is 1. The van der Waals surface area contributed by atoms with Crippen molar-refractivity contribution in [1.82, 2.24) is 9.71 Å². The normalized spacial score (nSPS) is 12.1. The molecule has 0 saturated carbocycles. The molecular weight excluding hydrogens is 389 g/mol. The van der Waals surface area contributed by atoms with Crippen molar-refractivity contribution in [3.05, 3.63) is 83.7 Å². The van der Waals surface area contributed by atoms with E-state index in [9.17, 15) is 21.6 Å². The molecule has 0 aliphatic rings. The number of hydrogen-bond acceptors (Lipinski definition) is 3. The highest BCUT2D eigenvalue weighted by Gasteiger charge is 2.29. The Balaban J connectivity index is 1.90. The first kappa shape index (κ1) is 20.0. The molecule has 3 aromatic rings. The number of benzene rings is 2. The topological polar surface area (TPSA) is 59.1 Å². The highest BCUT2D eigenvalue weighted by Crippen LogP contribution is 2.30. The lowest BCUT2D eigenvalue weighted by Crippen LogP contribution is -2.18. The molecule has 0 aliphatic carbocycles. The fourth-order valence-corrected chi connectivity index (χ4v) is 3.51. The average Bonchev–Trinajstić information content (AvgIpc) is 2.68. The molecule has 0 radical (unpaired) electrons. The average molecular weight is 406 g/mol. The van der Waals surface area contributed by atoms with E-state index in [0.717, 1.165) is 23.3 Å². The molecule has 4 nitrogen and oxygen atoms in total. The van der Waals surface area contributed by atoms with Gasteiger partial charge in [-0.15, -0.1) is 0 Å². The number of nitrogens with zero attached hydrogens (tertiary/aromatic N) is 1. The monoisotopic (exact) mass is 406 g/mol. The third-order valence-corrected chi connectivity index (χ3v) is 5.72. The van der Waals surface area contributed by atoms with Crippen LogP contribution in [0.2, 0.25) is 0 Å². The standard InChI is InChI=1S/C20H17F3N2O2S/c1-24-28(26,27)17-10-6-15(7-11-17)18-3-2-12-25-19(18)13-14-4-8-16(9-5-14)20(21,22)23/h2-12,24H,13H2,1H3. The molecule has 0 spiro atoms. The molecule has 8 heteroatoms. The maximum atomic E-state index is 12.7. The Bertz CT molecular complexity index is 1060. The fourth-order valence-electron chi connectivity index (χ4n) is 2.78. The van der Waals surface area contributed by atoms with E-state index in [1.165, 1.54) is 31.3 Å². The number of hydrogen-bond donors (Lipinski definition) is 1. The lowest BCUT2D eigenvalue weighted by atomic mass is 9.99. The smallest absolute Gasteiger partial charge is 0.260 e. The summed E-state index contributed by atoms with van der Waals surface area (Å²) >= 11 is 0. The molecule has 0 aliphatic heterocycles. The maximum absolute atomic E-state index is 12.7. The van der Waals surface area contributed by atoms with Gasteiger partial charge in [-0.3, -0.25) is 4.98 Å². The Hall–Kier alpha value is -2.71. The summed E-state index contributed by atoms with van der Waals surface area (Å²) in [6, 6.07) is 14.9.